The van der Waals surface area contributed by atoms with Crippen LogP contribution in [0.2, 0.25) is 5.02 Å². The molecule has 0 saturated heterocycles. The third-order valence-corrected chi connectivity index (χ3v) is 3.70. The molecule has 0 radical (unpaired) electrons. The summed E-state index contributed by atoms with van der Waals surface area (Å²) in [7, 11) is 0. The van der Waals surface area contributed by atoms with E-state index in [1.54, 1.807) is 30.1 Å². The van der Waals surface area contributed by atoms with E-state index in [2.05, 4.69) is 4.98 Å². The highest BCUT2D eigenvalue weighted by Gasteiger charge is 2.02. The highest BCUT2D eigenvalue weighted by Crippen LogP contribution is 2.30. The summed E-state index contributed by atoms with van der Waals surface area (Å²) < 4.78 is 0. The largest absolute Gasteiger partial charge is 0.398 e. The number of nitrogens with two attached hydrogens (primary N) is 1. The Morgan fingerprint density at radius 1 is 1.33 bits per heavy atom. The van der Waals surface area contributed by atoms with E-state index in [4.69, 9.17) is 22.6 Å². The van der Waals surface area contributed by atoms with Crippen LogP contribution in [0.5, 0.6) is 0 Å². The molecule has 1 aromatic heterocycles. The maximum Gasteiger partial charge on any atom is 0.140 e. The molecule has 1 aromatic carbocycles. The molecule has 18 heavy (non-hydrogen) atoms. The Bertz CT molecular complexity index is 607. The molecule has 0 spiro atoms. The molecule has 2 rings (SSSR count). The summed E-state index contributed by atoms with van der Waals surface area (Å²) in [6, 6.07) is 11.1. The van der Waals surface area contributed by atoms with E-state index < -0.39 is 0 Å². The van der Waals surface area contributed by atoms with Crippen LogP contribution >= 0.6 is 23.4 Å². The molecule has 0 amide bonds. The van der Waals surface area contributed by atoms with E-state index in [1.165, 1.54) is 0 Å². The van der Waals surface area contributed by atoms with Crippen LogP contribution in [0.1, 0.15) is 11.3 Å². The molecular formula is C13H10ClN3S. The minimum atomic E-state index is 0.428. The van der Waals surface area contributed by atoms with Crippen LogP contribution in [0, 0.1) is 11.3 Å². The van der Waals surface area contributed by atoms with E-state index in [0.717, 1.165) is 16.2 Å². The number of aromatic nitrogens is 1. The number of hydrogen-bond donors (Lipinski definition) is 1. The minimum Gasteiger partial charge on any atom is -0.398 e. The first-order chi connectivity index (χ1) is 8.69. The van der Waals surface area contributed by atoms with Crippen molar-refractivity contribution in [3.63, 3.8) is 0 Å². The number of thioether (sulfide) groups is 1. The molecule has 5 heteroatoms. The van der Waals surface area contributed by atoms with Gasteiger partial charge in [-0.05, 0) is 35.9 Å². The smallest absolute Gasteiger partial charge is 0.140 e. The quantitative estimate of drug-likeness (QED) is 0.688. The number of hydrogen-bond acceptors (Lipinski definition) is 4. The van der Waals surface area contributed by atoms with Gasteiger partial charge < -0.3 is 5.73 Å². The van der Waals surface area contributed by atoms with Crippen molar-refractivity contribution in [1.29, 1.82) is 5.26 Å². The van der Waals surface area contributed by atoms with E-state index in [-0.39, 0.29) is 0 Å². The van der Waals surface area contributed by atoms with Crippen LogP contribution in [-0.4, -0.2) is 4.98 Å². The number of halogens is 1. The lowest BCUT2D eigenvalue weighted by Gasteiger charge is -2.05. The molecule has 90 valence electrons. The Labute approximate surface area is 115 Å². The number of nitrogens with zero attached hydrogens (tertiary/aromatic N) is 2. The zero-order valence-electron chi connectivity index (χ0n) is 9.43. The van der Waals surface area contributed by atoms with Gasteiger partial charge in [0.25, 0.3) is 0 Å². The van der Waals surface area contributed by atoms with E-state index in [9.17, 15) is 0 Å². The Balaban J connectivity index is 2.09. The number of rotatable bonds is 3. The predicted molar refractivity (Wildman–Crippen MR) is 74.4 cm³/mol. The van der Waals surface area contributed by atoms with Crippen molar-refractivity contribution in [3.05, 3.63) is 52.8 Å². The monoisotopic (exact) mass is 275 g/mol. The van der Waals surface area contributed by atoms with E-state index in [1.807, 2.05) is 24.3 Å². The number of benzene rings is 1. The molecular weight excluding hydrogens is 266 g/mol. The first kappa shape index (κ1) is 12.7. The lowest BCUT2D eigenvalue weighted by Crippen LogP contribution is -1.90. The first-order valence-electron chi connectivity index (χ1n) is 5.22. The van der Waals surface area contributed by atoms with Gasteiger partial charge in [-0.15, -0.1) is 11.8 Å². The Morgan fingerprint density at radius 2 is 2.17 bits per heavy atom. The highest BCUT2D eigenvalue weighted by molar-refractivity contribution is 7.98. The topological polar surface area (TPSA) is 62.7 Å². The third kappa shape index (κ3) is 3.16. The average Bonchev–Trinajstić information content (AvgIpc) is 2.38. The predicted octanol–water partition coefficient (Wildman–Crippen LogP) is 3.48. The van der Waals surface area contributed by atoms with Gasteiger partial charge in [0.15, 0.2) is 0 Å². The second-order valence-electron chi connectivity index (χ2n) is 3.63. The fourth-order valence-corrected chi connectivity index (χ4v) is 2.51. The number of nitrogen functional groups attached to an aromatic ring is 1. The summed E-state index contributed by atoms with van der Waals surface area (Å²) in [4.78, 5) is 4.91. The minimum absolute atomic E-state index is 0.428. The van der Waals surface area contributed by atoms with Crippen LogP contribution in [0.4, 0.5) is 5.69 Å². The van der Waals surface area contributed by atoms with Gasteiger partial charge in [-0.3, -0.25) is 0 Å². The van der Waals surface area contributed by atoms with Crippen LogP contribution in [0.25, 0.3) is 0 Å². The van der Waals surface area contributed by atoms with Gasteiger partial charge >= 0.3 is 0 Å². The lowest BCUT2D eigenvalue weighted by molar-refractivity contribution is 1.22. The van der Waals surface area contributed by atoms with Gasteiger partial charge in [-0.1, -0.05) is 11.6 Å². The van der Waals surface area contributed by atoms with Crippen molar-refractivity contribution in [2.45, 2.75) is 10.6 Å². The third-order valence-electron chi connectivity index (χ3n) is 2.31. The average molecular weight is 276 g/mol. The van der Waals surface area contributed by atoms with Gasteiger partial charge in [0.1, 0.15) is 11.8 Å². The number of anilines is 1. The van der Waals surface area contributed by atoms with Gasteiger partial charge in [0, 0.05) is 27.6 Å². The molecule has 0 aliphatic carbocycles. The normalized spacial score (nSPS) is 10.0. The van der Waals surface area contributed by atoms with Crippen molar-refractivity contribution < 1.29 is 0 Å². The SMILES string of the molecule is N#Cc1cc(CSc2ccc(Cl)cc2N)ccn1. The van der Waals surface area contributed by atoms with Crippen LogP contribution < -0.4 is 5.73 Å². The second kappa shape index (κ2) is 5.76. The van der Waals surface area contributed by atoms with Gasteiger partial charge in [-0.2, -0.15) is 5.26 Å². The summed E-state index contributed by atoms with van der Waals surface area (Å²) in [5.74, 6) is 0.739. The van der Waals surface area contributed by atoms with Gasteiger partial charge in [0.05, 0.1) is 0 Å². The molecule has 0 bridgehead atoms. The van der Waals surface area contributed by atoms with Crippen molar-refractivity contribution >= 4 is 29.1 Å². The van der Waals surface area contributed by atoms with Crippen molar-refractivity contribution in [2.75, 3.05) is 5.73 Å². The molecule has 0 saturated carbocycles. The van der Waals surface area contributed by atoms with Crippen molar-refractivity contribution in [1.82, 2.24) is 4.98 Å². The van der Waals surface area contributed by atoms with E-state index >= 15 is 0 Å². The fourth-order valence-electron chi connectivity index (χ4n) is 1.44. The summed E-state index contributed by atoms with van der Waals surface area (Å²) >= 11 is 7.45. The summed E-state index contributed by atoms with van der Waals surface area (Å²) in [5, 5.41) is 9.40. The fraction of sp³-hybridized carbons (Fsp3) is 0.0769. The number of nitriles is 1. The van der Waals surface area contributed by atoms with Crippen LogP contribution in [0.15, 0.2) is 41.4 Å². The molecule has 0 aliphatic rings. The zero-order valence-corrected chi connectivity index (χ0v) is 11.0. The molecule has 0 atom stereocenters. The molecule has 3 nitrogen and oxygen atoms in total. The second-order valence-corrected chi connectivity index (χ2v) is 5.09. The molecule has 1 heterocycles. The zero-order chi connectivity index (χ0) is 13.0. The maximum atomic E-state index is 8.77. The van der Waals surface area contributed by atoms with Crippen LogP contribution in [0.3, 0.4) is 0 Å². The van der Waals surface area contributed by atoms with Crippen molar-refractivity contribution in [3.8, 4) is 6.07 Å². The van der Waals surface area contributed by atoms with Crippen molar-refractivity contribution in [2.24, 2.45) is 0 Å². The molecule has 0 unspecified atom stereocenters. The number of pyridine rings is 1. The van der Waals surface area contributed by atoms with Crippen LogP contribution in [-0.2, 0) is 5.75 Å². The lowest BCUT2D eigenvalue weighted by atomic mass is 10.2. The summed E-state index contributed by atoms with van der Waals surface area (Å²) in [5.41, 5.74) is 8.01. The standard InChI is InChI=1S/C13H10ClN3S/c14-10-1-2-13(12(16)6-10)18-8-9-3-4-17-11(5-9)7-15/h1-6H,8,16H2. The molecule has 2 aromatic rings. The molecule has 2 N–H and O–H groups in total. The Morgan fingerprint density at radius 3 is 2.89 bits per heavy atom. The Hall–Kier alpha value is -1.70. The van der Waals surface area contributed by atoms with Gasteiger partial charge in [0.2, 0.25) is 0 Å². The first-order valence-corrected chi connectivity index (χ1v) is 6.58. The molecule has 0 fully saturated rings. The maximum absolute atomic E-state index is 8.77. The highest BCUT2D eigenvalue weighted by atomic mass is 35.5. The van der Waals surface area contributed by atoms with E-state index in [0.29, 0.717) is 16.4 Å². The van der Waals surface area contributed by atoms with Gasteiger partial charge in [-0.25, -0.2) is 4.98 Å². The summed E-state index contributed by atoms with van der Waals surface area (Å²) in [6.45, 7) is 0. The Kier molecular flexibility index (Phi) is 4.08. The summed E-state index contributed by atoms with van der Waals surface area (Å²) in [6.07, 6.45) is 1.64. The molecule has 0 aliphatic heterocycles.